The van der Waals surface area contributed by atoms with E-state index in [1.807, 2.05) is 56.9 Å². The Morgan fingerprint density at radius 2 is 1.78 bits per heavy atom. The third-order valence-corrected chi connectivity index (χ3v) is 4.46. The average molecular weight is 376 g/mol. The Morgan fingerprint density at radius 1 is 1.11 bits per heavy atom. The first-order chi connectivity index (χ1) is 12.6. The zero-order valence-corrected chi connectivity index (χ0v) is 17.2. The molecule has 1 aromatic rings. The van der Waals surface area contributed by atoms with E-state index in [4.69, 9.17) is 4.74 Å². The lowest BCUT2D eigenvalue weighted by molar-refractivity contribution is -0.137. The number of amides is 2. The number of carbonyl (C=O) groups excluding carboxylic acids is 2. The zero-order chi connectivity index (χ0) is 20.0. The summed E-state index contributed by atoms with van der Waals surface area (Å²) >= 11 is 0. The van der Waals surface area contributed by atoms with Gasteiger partial charge < -0.3 is 15.0 Å². The van der Waals surface area contributed by atoms with Gasteiger partial charge in [0.05, 0.1) is 6.54 Å². The largest absolute Gasteiger partial charge is 0.481 e. The Kier molecular flexibility index (Phi) is 7.25. The number of aryl methyl sites for hydroxylation is 1. The fourth-order valence-electron chi connectivity index (χ4n) is 3.14. The lowest BCUT2D eigenvalue weighted by Gasteiger charge is -2.26. The van der Waals surface area contributed by atoms with Crippen molar-refractivity contribution in [3.05, 3.63) is 29.8 Å². The summed E-state index contributed by atoms with van der Waals surface area (Å²) in [5, 5.41) is 2.99. The Balaban J connectivity index is 1.84. The van der Waals surface area contributed by atoms with Crippen molar-refractivity contribution in [1.29, 1.82) is 0 Å². The van der Waals surface area contributed by atoms with E-state index in [9.17, 15) is 9.59 Å². The highest BCUT2D eigenvalue weighted by molar-refractivity contribution is 5.81. The first-order valence-corrected chi connectivity index (χ1v) is 9.69. The Hall–Kier alpha value is -2.08. The van der Waals surface area contributed by atoms with E-state index < -0.39 is 6.10 Å². The molecule has 0 spiro atoms. The standard InChI is InChI=1S/C21H33N3O3/c1-16-7-9-18(10-8-16)27-17(2)20(26)24-12-6-11-23(13-14-24)15-19(25)22-21(3,4)5/h7-10,17H,6,11-15H2,1-5H3,(H,22,25)/t17-/m1/s1. The van der Waals surface area contributed by atoms with Crippen LogP contribution in [0.2, 0.25) is 0 Å². The van der Waals surface area contributed by atoms with Crippen LogP contribution in [-0.2, 0) is 9.59 Å². The van der Waals surface area contributed by atoms with Crippen molar-refractivity contribution in [2.45, 2.75) is 52.7 Å². The molecule has 0 aromatic heterocycles. The number of rotatable bonds is 5. The van der Waals surface area contributed by atoms with Crippen LogP contribution >= 0.6 is 0 Å². The van der Waals surface area contributed by atoms with E-state index in [1.165, 1.54) is 0 Å². The minimum absolute atomic E-state index is 0.00318. The fraction of sp³-hybridized carbons (Fsp3) is 0.619. The van der Waals surface area contributed by atoms with E-state index in [0.29, 0.717) is 31.9 Å². The maximum absolute atomic E-state index is 12.7. The number of hydrogen-bond acceptors (Lipinski definition) is 4. The lowest BCUT2D eigenvalue weighted by Crippen LogP contribution is -2.47. The summed E-state index contributed by atoms with van der Waals surface area (Å²) in [6, 6.07) is 7.71. The highest BCUT2D eigenvalue weighted by Crippen LogP contribution is 2.15. The molecule has 27 heavy (non-hydrogen) atoms. The zero-order valence-electron chi connectivity index (χ0n) is 17.2. The summed E-state index contributed by atoms with van der Waals surface area (Å²) in [7, 11) is 0. The van der Waals surface area contributed by atoms with Gasteiger partial charge in [0.25, 0.3) is 5.91 Å². The minimum atomic E-state index is -0.525. The summed E-state index contributed by atoms with van der Waals surface area (Å²) in [5.41, 5.74) is 0.928. The van der Waals surface area contributed by atoms with Gasteiger partial charge in [0.15, 0.2) is 6.10 Å². The predicted molar refractivity (Wildman–Crippen MR) is 107 cm³/mol. The van der Waals surface area contributed by atoms with E-state index in [2.05, 4.69) is 10.2 Å². The van der Waals surface area contributed by atoms with Crippen LogP contribution in [0.4, 0.5) is 0 Å². The summed E-state index contributed by atoms with van der Waals surface area (Å²) in [4.78, 5) is 28.8. The van der Waals surface area contributed by atoms with Gasteiger partial charge in [-0.05, 0) is 53.2 Å². The molecule has 0 aliphatic carbocycles. The Bertz CT molecular complexity index is 637. The molecule has 6 heteroatoms. The van der Waals surface area contributed by atoms with E-state index in [0.717, 1.165) is 18.5 Å². The molecule has 0 saturated carbocycles. The third-order valence-electron chi connectivity index (χ3n) is 4.46. The van der Waals surface area contributed by atoms with E-state index >= 15 is 0 Å². The SMILES string of the molecule is Cc1ccc(O[C@H](C)C(=O)N2CCCN(CC(=O)NC(C)(C)C)CC2)cc1. The Morgan fingerprint density at radius 3 is 2.41 bits per heavy atom. The maximum Gasteiger partial charge on any atom is 0.263 e. The van der Waals surface area contributed by atoms with Gasteiger partial charge in [0, 0.05) is 31.7 Å². The highest BCUT2D eigenvalue weighted by atomic mass is 16.5. The molecule has 1 heterocycles. The fourth-order valence-corrected chi connectivity index (χ4v) is 3.14. The minimum Gasteiger partial charge on any atom is -0.481 e. The van der Waals surface area contributed by atoms with Crippen LogP contribution in [0, 0.1) is 6.92 Å². The van der Waals surface area contributed by atoms with Crippen LogP contribution in [0.15, 0.2) is 24.3 Å². The van der Waals surface area contributed by atoms with Crippen LogP contribution in [0.1, 0.15) is 39.7 Å². The van der Waals surface area contributed by atoms with Crippen molar-refractivity contribution in [3.63, 3.8) is 0 Å². The Labute approximate surface area is 162 Å². The van der Waals surface area contributed by atoms with Gasteiger partial charge in [-0.3, -0.25) is 14.5 Å². The molecule has 0 radical (unpaired) electrons. The molecule has 0 bridgehead atoms. The van der Waals surface area contributed by atoms with Gasteiger partial charge >= 0.3 is 0 Å². The smallest absolute Gasteiger partial charge is 0.263 e. The van der Waals surface area contributed by atoms with Crippen LogP contribution in [0.25, 0.3) is 0 Å². The van der Waals surface area contributed by atoms with Crippen molar-refractivity contribution in [2.24, 2.45) is 0 Å². The third kappa shape index (κ3) is 7.21. The molecule has 1 saturated heterocycles. The molecule has 2 rings (SSSR count). The van der Waals surface area contributed by atoms with Crippen molar-refractivity contribution in [2.75, 3.05) is 32.7 Å². The number of hydrogen-bond donors (Lipinski definition) is 1. The van der Waals surface area contributed by atoms with Gasteiger partial charge in [-0.15, -0.1) is 0 Å². The molecule has 1 aliphatic rings. The van der Waals surface area contributed by atoms with Crippen molar-refractivity contribution < 1.29 is 14.3 Å². The first-order valence-electron chi connectivity index (χ1n) is 9.69. The number of benzene rings is 1. The second-order valence-corrected chi connectivity index (χ2v) is 8.33. The van der Waals surface area contributed by atoms with Gasteiger partial charge in [0.1, 0.15) is 5.75 Å². The maximum atomic E-state index is 12.7. The second-order valence-electron chi connectivity index (χ2n) is 8.33. The molecule has 1 aromatic carbocycles. The number of ether oxygens (including phenoxy) is 1. The molecular formula is C21H33N3O3. The van der Waals surface area contributed by atoms with Gasteiger partial charge in [-0.25, -0.2) is 0 Å². The van der Waals surface area contributed by atoms with Crippen LogP contribution < -0.4 is 10.1 Å². The summed E-state index contributed by atoms with van der Waals surface area (Å²) in [5.74, 6) is 0.728. The van der Waals surface area contributed by atoms with Crippen LogP contribution in [0.5, 0.6) is 5.75 Å². The normalized spacial score (nSPS) is 17.1. The molecule has 150 valence electrons. The van der Waals surface area contributed by atoms with Gasteiger partial charge in [-0.1, -0.05) is 17.7 Å². The average Bonchev–Trinajstić information content (AvgIpc) is 2.80. The van der Waals surface area contributed by atoms with E-state index in [1.54, 1.807) is 6.92 Å². The molecule has 2 amide bonds. The van der Waals surface area contributed by atoms with Crippen molar-refractivity contribution in [3.8, 4) is 5.75 Å². The molecular weight excluding hydrogens is 342 g/mol. The molecule has 0 unspecified atom stereocenters. The predicted octanol–water partition coefficient (Wildman–Crippen LogP) is 2.21. The van der Waals surface area contributed by atoms with Crippen LogP contribution in [0.3, 0.4) is 0 Å². The monoisotopic (exact) mass is 375 g/mol. The molecule has 1 N–H and O–H groups in total. The number of nitrogens with zero attached hydrogens (tertiary/aromatic N) is 2. The molecule has 1 fully saturated rings. The molecule has 6 nitrogen and oxygen atoms in total. The summed E-state index contributed by atoms with van der Waals surface area (Å²) < 4.78 is 5.80. The van der Waals surface area contributed by atoms with E-state index in [-0.39, 0.29) is 17.4 Å². The second kappa shape index (κ2) is 9.22. The number of nitrogens with one attached hydrogen (secondary N) is 1. The molecule has 1 atom stereocenters. The lowest BCUT2D eigenvalue weighted by atomic mass is 10.1. The highest BCUT2D eigenvalue weighted by Gasteiger charge is 2.25. The van der Waals surface area contributed by atoms with Crippen LogP contribution in [-0.4, -0.2) is 66.0 Å². The van der Waals surface area contributed by atoms with Gasteiger partial charge in [0.2, 0.25) is 5.91 Å². The summed E-state index contributed by atoms with van der Waals surface area (Å²) in [6.07, 6.45) is 0.328. The molecule has 1 aliphatic heterocycles. The topological polar surface area (TPSA) is 61.9 Å². The van der Waals surface area contributed by atoms with Crippen molar-refractivity contribution in [1.82, 2.24) is 15.1 Å². The quantitative estimate of drug-likeness (QED) is 0.857. The van der Waals surface area contributed by atoms with Gasteiger partial charge in [-0.2, -0.15) is 0 Å². The number of carbonyl (C=O) groups is 2. The van der Waals surface area contributed by atoms with Crippen molar-refractivity contribution >= 4 is 11.8 Å². The summed E-state index contributed by atoms with van der Waals surface area (Å²) in [6.45, 7) is 12.9. The first kappa shape index (κ1) is 21.2.